The van der Waals surface area contributed by atoms with Crippen molar-refractivity contribution in [3.8, 4) is 11.5 Å². The number of fused-ring (bicyclic) bond motifs is 1. The minimum absolute atomic E-state index is 0.00309. The molecule has 2 aliphatic rings. The van der Waals surface area contributed by atoms with Crippen LogP contribution in [0.4, 0.5) is 0 Å². The number of likely N-dealkylation sites (tertiary alicyclic amines) is 1. The number of unbranched alkanes of at least 4 members (excludes halogenated alkanes) is 1. The fraction of sp³-hybridized carbons (Fsp3) is 0.600. The average molecular weight is 331 g/mol. The molecule has 1 heterocycles. The second kappa shape index (κ2) is 7.06. The van der Waals surface area contributed by atoms with Gasteiger partial charge < -0.3 is 19.5 Å². The molecule has 1 aliphatic carbocycles. The molecule has 1 aromatic rings. The highest BCUT2D eigenvalue weighted by Crippen LogP contribution is 2.50. The lowest BCUT2D eigenvalue weighted by atomic mass is 9.70. The number of benzene rings is 1. The first-order chi connectivity index (χ1) is 11.6. The Morgan fingerprint density at radius 2 is 2.12 bits per heavy atom. The van der Waals surface area contributed by atoms with E-state index in [0.717, 1.165) is 50.1 Å². The van der Waals surface area contributed by atoms with Gasteiger partial charge >= 0.3 is 0 Å². The number of hydrogen-bond acceptors (Lipinski definition) is 4. The molecule has 2 atom stereocenters. The number of methoxy groups -OCH3 is 1. The van der Waals surface area contributed by atoms with Crippen molar-refractivity contribution in [1.82, 2.24) is 4.90 Å². The van der Waals surface area contributed by atoms with Crippen LogP contribution in [-0.2, 0) is 5.41 Å². The Morgan fingerprint density at radius 1 is 1.29 bits per heavy atom. The van der Waals surface area contributed by atoms with Crippen LogP contribution in [0, 0.1) is 0 Å². The summed E-state index contributed by atoms with van der Waals surface area (Å²) in [7, 11) is 3.80. The van der Waals surface area contributed by atoms with Gasteiger partial charge in [0.15, 0.2) is 11.5 Å². The third-order valence-corrected chi connectivity index (χ3v) is 5.46. The van der Waals surface area contributed by atoms with Crippen molar-refractivity contribution in [1.29, 1.82) is 0 Å². The number of hydrogen-bond donors (Lipinski definition) is 1. The average Bonchev–Trinajstić information content (AvgIpc) is 2.93. The molecule has 1 aromatic carbocycles. The van der Waals surface area contributed by atoms with E-state index >= 15 is 0 Å². The van der Waals surface area contributed by atoms with E-state index in [2.05, 4.69) is 31.0 Å². The molecule has 0 bridgehead atoms. The Balaban J connectivity index is 1.96. The molecule has 132 valence electrons. The van der Waals surface area contributed by atoms with Gasteiger partial charge in [0.2, 0.25) is 0 Å². The molecular formula is C20H29NO3. The number of likely N-dealkylation sites (N-methyl/N-ethyl adjacent to an activating group) is 1. The van der Waals surface area contributed by atoms with Crippen LogP contribution in [0.3, 0.4) is 0 Å². The standard InChI is InChI=1S/C20H29NO3/c1-4-5-12-24-18-13-15(6-7-17(18)23-3)20-9-8-16(22)14-19(20)21(2)11-10-20/h6-7,13-14,16,22H,4-5,8-12H2,1-3H3/t16-,20-/m0/s1. The van der Waals surface area contributed by atoms with E-state index in [1.807, 2.05) is 12.1 Å². The van der Waals surface area contributed by atoms with Crippen LogP contribution in [0.15, 0.2) is 30.0 Å². The predicted molar refractivity (Wildman–Crippen MR) is 95.6 cm³/mol. The van der Waals surface area contributed by atoms with Crippen molar-refractivity contribution in [3.63, 3.8) is 0 Å². The minimum atomic E-state index is -0.327. The molecule has 1 saturated heterocycles. The van der Waals surface area contributed by atoms with Crippen molar-refractivity contribution in [2.45, 2.75) is 50.5 Å². The van der Waals surface area contributed by atoms with E-state index in [-0.39, 0.29) is 11.5 Å². The third-order valence-electron chi connectivity index (χ3n) is 5.46. The lowest BCUT2D eigenvalue weighted by Gasteiger charge is -2.37. The van der Waals surface area contributed by atoms with Gasteiger partial charge in [-0.3, -0.25) is 0 Å². The molecule has 24 heavy (non-hydrogen) atoms. The topological polar surface area (TPSA) is 41.9 Å². The molecule has 0 radical (unpaired) electrons. The highest BCUT2D eigenvalue weighted by atomic mass is 16.5. The van der Waals surface area contributed by atoms with E-state index in [9.17, 15) is 5.11 Å². The first kappa shape index (κ1) is 17.2. The normalized spacial score (nSPS) is 26.1. The molecule has 1 fully saturated rings. The number of nitrogens with zero attached hydrogens (tertiary/aromatic N) is 1. The van der Waals surface area contributed by atoms with Gasteiger partial charge in [-0.25, -0.2) is 0 Å². The van der Waals surface area contributed by atoms with E-state index in [1.54, 1.807) is 7.11 Å². The van der Waals surface area contributed by atoms with E-state index in [0.29, 0.717) is 6.61 Å². The number of ether oxygens (including phenoxy) is 2. The summed E-state index contributed by atoms with van der Waals surface area (Å²) in [6, 6.07) is 6.34. The van der Waals surface area contributed by atoms with Crippen molar-refractivity contribution in [3.05, 3.63) is 35.5 Å². The van der Waals surface area contributed by atoms with Crippen LogP contribution in [0.2, 0.25) is 0 Å². The van der Waals surface area contributed by atoms with Crippen LogP contribution in [0.1, 0.15) is 44.6 Å². The maximum atomic E-state index is 10.1. The van der Waals surface area contributed by atoms with Crippen LogP contribution < -0.4 is 9.47 Å². The Labute approximate surface area is 145 Å². The van der Waals surface area contributed by atoms with Crippen molar-refractivity contribution >= 4 is 0 Å². The maximum Gasteiger partial charge on any atom is 0.161 e. The van der Waals surface area contributed by atoms with Crippen LogP contribution in [0.5, 0.6) is 11.5 Å². The zero-order valence-electron chi connectivity index (χ0n) is 15.0. The lowest BCUT2D eigenvalue weighted by Crippen LogP contribution is -2.33. The Bertz CT molecular complexity index is 613. The summed E-state index contributed by atoms with van der Waals surface area (Å²) in [4.78, 5) is 2.28. The van der Waals surface area contributed by atoms with E-state index in [4.69, 9.17) is 9.47 Å². The monoisotopic (exact) mass is 331 g/mol. The molecular weight excluding hydrogens is 302 g/mol. The van der Waals surface area contributed by atoms with Crippen molar-refractivity contribution in [2.24, 2.45) is 0 Å². The zero-order chi connectivity index (χ0) is 17.2. The summed E-state index contributed by atoms with van der Waals surface area (Å²) in [5.41, 5.74) is 2.53. The highest BCUT2D eigenvalue weighted by Gasteiger charge is 2.45. The van der Waals surface area contributed by atoms with E-state index < -0.39 is 0 Å². The fourth-order valence-corrected chi connectivity index (χ4v) is 4.02. The van der Waals surface area contributed by atoms with Crippen molar-refractivity contribution < 1.29 is 14.6 Å². The van der Waals surface area contributed by atoms with Crippen LogP contribution >= 0.6 is 0 Å². The highest BCUT2D eigenvalue weighted by molar-refractivity contribution is 5.49. The van der Waals surface area contributed by atoms with Gasteiger partial charge in [0, 0.05) is 24.7 Å². The molecule has 1 aliphatic heterocycles. The molecule has 0 unspecified atom stereocenters. The summed E-state index contributed by atoms with van der Waals surface area (Å²) in [6.07, 6.45) is 6.74. The molecule has 3 rings (SSSR count). The van der Waals surface area contributed by atoms with Gasteiger partial charge in [-0.05, 0) is 49.5 Å². The molecule has 0 aromatic heterocycles. The second-order valence-electron chi connectivity index (χ2n) is 6.98. The SMILES string of the molecule is CCCCOc1cc([C@@]23CC[C@H](O)C=C2N(C)CC3)ccc1OC. The number of allylic oxidation sites excluding steroid dienone is 1. The van der Waals surface area contributed by atoms with Gasteiger partial charge in [-0.1, -0.05) is 19.4 Å². The van der Waals surface area contributed by atoms with Gasteiger partial charge in [0.05, 0.1) is 19.8 Å². The number of rotatable bonds is 6. The molecule has 0 amide bonds. The number of aliphatic hydroxyl groups excluding tert-OH is 1. The fourth-order valence-electron chi connectivity index (χ4n) is 4.02. The second-order valence-corrected chi connectivity index (χ2v) is 6.98. The quantitative estimate of drug-likeness (QED) is 0.810. The smallest absolute Gasteiger partial charge is 0.161 e. The lowest BCUT2D eigenvalue weighted by molar-refractivity contribution is 0.181. The summed E-state index contributed by atoms with van der Waals surface area (Å²) in [6.45, 7) is 3.90. The van der Waals surface area contributed by atoms with Gasteiger partial charge in [-0.15, -0.1) is 0 Å². The van der Waals surface area contributed by atoms with Crippen molar-refractivity contribution in [2.75, 3.05) is 27.3 Å². The number of aliphatic hydroxyl groups is 1. The minimum Gasteiger partial charge on any atom is -0.493 e. The van der Waals surface area contributed by atoms with Gasteiger partial charge in [0.25, 0.3) is 0 Å². The third kappa shape index (κ3) is 3.00. The van der Waals surface area contributed by atoms with Crippen LogP contribution in [0.25, 0.3) is 0 Å². The summed E-state index contributed by atoms with van der Waals surface area (Å²) in [5, 5.41) is 10.1. The molecule has 4 heteroatoms. The molecule has 0 saturated carbocycles. The molecule has 1 N–H and O–H groups in total. The largest absolute Gasteiger partial charge is 0.493 e. The Hall–Kier alpha value is -1.68. The van der Waals surface area contributed by atoms with Gasteiger partial charge in [-0.2, -0.15) is 0 Å². The molecule has 4 nitrogen and oxygen atoms in total. The predicted octanol–water partition coefficient (Wildman–Crippen LogP) is 3.49. The summed E-state index contributed by atoms with van der Waals surface area (Å²) in [5.74, 6) is 1.62. The zero-order valence-corrected chi connectivity index (χ0v) is 15.0. The first-order valence-corrected chi connectivity index (χ1v) is 9.03. The maximum absolute atomic E-state index is 10.1. The summed E-state index contributed by atoms with van der Waals surface area (Å²) < 4.78 is 11.5. The van der Waals surface area contributed by atoms with Gasteiger partial charge in [0.1, 0.15) is 0 Å². The van der Waals surface area contributed by atoms with E-state index in [1.165, 1.54) is 11.3 Å². The first-order valence-electron chi connectivity index (χ1n) is 9.03. The van der Waals surface area contributed by atoms with Crippen LogP contribution in [-0.4, -0.2) is 43.4 Å². The molecule has 0 spiro atoms. The summed E-state index contributed by atoms with van der Waals surface area (Å²) >= 11 is 0. The Kier molecular flexibility index (Phi) is 5.04. The Morgan fingerprint density at radius 3 is 2.88 bits per heavy atom.